The Hall–Kier alpha value is -1.86. The van der Waals surface area contributed by atoms with Gasteiger partial charge in [0.15, 0.2) is 9.84 Å². The van der Waals surface area contributed by atoms with E-state index in [0.29, 0.717) is 11.3 Å². The van der Waals surface area contributed by atoms with Crippen LogP contribution in [0.2, 0.25) is 0 Å². The quantitative estimate of drug-likeness (QED) is 0.861. The molecule has 7 heteroatoms. The van der Waals surface area contributed by atoms with E-state index in [-0.39, 0.29) is 16.1 Å². The lowest BCUT2D eigenvalue weighted by atomic mass is 9.87. The summed E-state index contributed by atoms with van der Waals surface area (Å²) in [4.78, 5) is 0.161. The van der Waals surface area contributed by atoms with E-state index in [9.17, 15) is 16.8 Å². The van der Waals surface area contributed by atoms with Crippen LogP contribution >= 0.6 is 0 Å². The molecule has 0 aromatic heterocycles. The molecule has 0 saturated heterocycles. The summed E-state index contributed by atoms with van der Waals surface area (Å²) in [6, 6.07) is 13.1. The van der Waals surface area contributed by atoms with Crippen molar-refractivity contribution in [3.8, 4) is 0 Å². The van der Waals surface area contributed by atoms with Crippen molar-refractivity contribution in [1.29, 1.82) is 0 Å². The number of nitrogens with one attached hydrogen (secondary N) is 1. The average Bonchev–Trinajstić information content (AvgIpc) is 2.44. The van der Waals surface area contributed by atoms with Crippen molar-refractivity contribution >= 4 is 25.5 Å². The largest absolute Gasteiger partial charge is 0.280 e. The van der Waals surface area contributed by atoms with Gasteiger partial charge in [-0.3, -0.25) is 4.72 Å². The maximum atomic E-state index is 12.5. The van der Waals surface area contributed by atoms with E-state index < -0.39 is 19.9 Å². The molecule has 0 atom stereocenters. The Morgan fingerprint density at radius 2 is 1.52 bits per heavy atom. The molecule has 136 valence electrons. The molecule has 0 fully saturated rings. The van der Waals surface area contributed by atoms with Crippen molar-refractivity contribution in [1.82, 2.24) is 0 Å². The third-order valence-electron chi connectivity index (χ3n) is 3.64. The van der Waals surface area contributed by atoms with E-state index in [1.807, 2.05) is 0 Å². The lowest BCUT2D eigenvalue weighted by molar-refractivity contribution is 0.587. The molecule has 0 aliphatic carbocycles. The van der Waals surface area contributed by atoms with Crippen LogP contribution in [0.1, 0.15) is 31.9 Å². The van der Waals surface area contributed by atoms with Crippen LogP contribution in [0, 0.1) is 0 Å². The van der Waals surface area contributed by atoms with Crippen molar-refractivity contribution in [3.05, 3.63) is 59.7 Å². The Bertz CT molecular complexity index is 955. The lowest BCUT2D eigenvalue weighted by Gasteiger charge is -2.19. The summed E-state index contributed by atoms with van der Waals surface area (Å²) in [5.41, 5.74) is 1.85. The summed E-state index contributed by atoms with van der Waals surface area (Å²) in [7, 11) is -6.92. The molecule has 0 bridgehead atoms. The van der Waals surface area contributed by atoms with Gasteiger partial charge >= 0.3 is 0 Å². The van der Waals surface area contributed by atoms with Crippen molar-refractivity contribution in [3.63, 3.8) is 0 Å². The van der Waals surface area contributed by atoms with E-state index in [2.05, 4.69) is 25.5 Å². The zero-order valence-corrected chi connectivity index (χ0v) is 16.4. The van der Waals surface area contributed by atoms with Gasteiger partial charge in [0.25, 0.3) is 10.0 Å². The first-order valence-corrected chi connectivity index (χ1v) is 11.3. The number of hydrogen-bond donors (Lipinski definition) is 1. The van der Waals surface area contributed by atoms with Crippen LogP contribution < -0.4 is 4.72 Å². The molecule has 0 amide bonds. The van der Waals surface area contributed by atoms with Gasteiger partial charge in [-0.05, 0) is 40.8 Å². The number of sulfone groups is 1. The fourth-order valence-electron chi connectivity index (χ4n) is 2.38. The van der Waals surface area contributed by atoms with E-state index in [1.165, 1.54) is 6.07 Å². The predicted octanol–water partition coefficient (Wildman–Crippen LogP) is 3.33. The highest BCUT2D eigenvalue weighted by molar-refractivity contribution is 7.92. The lowest BCUT2D eigenvalue weighted by Crippen LogP contribution is -2.15. The Morgan fingerprint density at radius 3 is 2.04 bits per heavy atom. The van der Waals surface area contributed by atoms with Crippen molar-refractivity contribution in [2.75, 3.05) is 11.0 Å². The molecule has 0 heterocycles. The third kappa shape index (κ3) is 5.57. The summed E-state index contributed by atoms with van der Waals surface area (Å²) in [6.07, 6.45) is 1.14. The Balaban J connectivity index is 2.25. The van der Waals surface area contributed by atoms with Gasteiger partial charge in [-0.1, -0.05) is 45.0 Å². The SMILES string of the molecule is CC(C)(C)c1ccc(S(=O)(=O)Nc2cccc(CS(C)(=O)=O)c2)cc1. The molecule has 25 heavy (non-hydrogen) atoms. The standard InChI is InChI=1S/C18H23NO4S2/c1-18(2,3)15-8-10-17(11-9-15)25(22,23)19-16-7-5-6-14(12-16)13-24(4,20)21/h5-12,19H,13H2,1-4H3. The van der Waals surface area contributed by atoms with Crippen molar-refractivity contribution in [2.24, 2.45) is 0 Å². The van der Waals surface area contributed by atoms with Gasteiger partial charge in [-0.15, -0.1) is 0 Å². The first kappa shape index (κ1) is 19.5. The summed E-state index contributed by atoms with van der Waals surface area (Å²) in [6.45, 7) is 6.17. The van der Waals surface area contributed by atoms with Gasteiger partial charge in [-0.2, -0.15) is 0 Å². The Morgan fingerprint density at radius 1 is 0.920 bits per heavy atom. The molecule has 0 aliphatic heterocycles. The maximum absolute atomic E-state index is 12.5. The molecule has 1 N–H and O–H groups in total. The maximum Gasteiger partial charge on any atom is 0.261 e. The van der Waals surface area contributed by atoms with Gasteiger partial charge < -0.3 is 0 Å². The summed E-state index contributed by atoms with van der Waals surface area (Å²) < 4.78 is 50.3. The highest BCUT2D eigenvalue weighted by Crippen LogP contribution is 2.24. The van der Waals surface area contributed by atoms with E-state index >= 15 is 0 Å². The first-order chi connectivity index (χ1) is 11.4. The second kappa shape index (κ2) is 6.80. The van der Waals surface area contributed by atoms with Crippen LogP contribution in [-0.2, 0) is 31.0 Å². The minimum atomic E-state index is -3.74. The van der Waals surface area contributed by atoms with Gasteiger partial charge in [0.2, 0.25) is 0 Å². The average molecular weight is 382 g/mol. The second-order valence-corrected chi connectivity index (χ2v) is 11.0. The molecule has 2 aromatic carbocycles. The number of benzene rings is 2. The molecule has 2 rings (SSSR count). The van der Waals surface area contributed by atoms with E-state index in [0.717, 1.165) is 11.8 Å². The predicted molar refractivity (Wildman–Crippen MR) is 101 cm³/mol. The summed E-state index contributed by atoms with van der Waals surface area (Å²) in [5.74, 6) is -0.136. The zero-order chi connectivity index (χ0) is 18.9. The second-order valence-electron chi connectivity index (χ2n) is 7.15. The Kier molecular flexibility index (Phi) is 5.30. The van der Waals surface area contributed by atoms with E-state index in [4.69, 9.17) is 0 Å². The smallest absolute Gasteiger partial charge is 0.261 e. The van der Waals surface area contributed by atoms with Crippen LogP contribution in [0.5, 0.6) is 0 Å². The number of hydrogen-bond acceptors (Lipinski definition) is 4. The molecule has 0 spiro atoms. The highest BCUT2D eigenvalue weighted by Gasteiger charge is 2.18. The molecule has 0 saturated carbocycles. The number of rotatable bonds is 5. The molecule has 5 nitrogen and oxygen atoms in total. The Labute approximate surface area is 150 Å². The first-order valence-electron chi connectivity index (χ1n) is 7.77. The number of anilines is 1. The fraction of sp³-hybridized carbons (Fsp3) is 0.333. The molecule has 0 radical (unpaired) electrons. The normalized spacial score (nSPS) is 12.8. The van der Waals surface area contributed by atoms with Gasteiger partial charge in [0.1, 0.15) is 0 Å². The molecule has 0 aliphatic rings. The van der Waals surface area contributed by atoms with Crippen LogP contribution in [0.4, 0.5) is 5.69 Å². The van der Waals surface area contributed by atoms with Crippen LogP contribution in [0.15, 0.2) is 53.4 Å². The molecule has 2 aromatic rings. The third-order valence-corrected chi connectivity index (χ3v) is 5.89. The van der Waals surface area contributed by atoms with Gasteiger partial charge in [0, 0.05) is 11.9 Å². The van der Waals surface area contributed by atoms with Crippen LogP contribution in [0.3, 0.4) is 0 Å². The highest BCUT2D eigenvalue weighted by atomic mass is 32.2. The minimum absolute atomic E-state index is 0.0598. The topological polar surface area (TPSA) is 80.3 Å². The monoisotopic (exact) mass is 381 g/mol. The van der Waals surface area contributed by atoms with Crippen molar-refractivity contribution in [2.45, 2.75) is 36.8 Å². The molecular weight excluding hydrogens is 358 g/mol. The zero-order valence-electron chi connectivity index (χ0n) is 14.8. The minimum Gasteiger partial charge on any atom is -0.280 e. The molecule has 0 unspecified atom stereocenters. The summed E-state index contributed by atoms with van der Waals surface area (Å²) in [5, 5.41) is 0. The van der Waals surface area contributed by atoms with Gasteiger partial charge in [0.05, 0.1) is 10.6 Å². The van der Waals surface area contributed by atoms with Crippen LogP contribution in [-0.4, -0.2) is 23.1 Å². The van der Waals surface area contributed by atoms with Gasteiger partial charge in [-0.25, -0.2) is 16.8 Å². The van der Waals surface area contributed by atoms with E-state index in [1.54, 1.807) is 42.5 Å². The fourth-order valence-corrected chi connectivity index (χ4v) is 4.21. The molecular formula is C18H23NO4S2. The number of sulfonamides is 1. The van der Waals surface area contributed by atoms with Crippen LogP contribution in [0.25, 0.3) is 0 Å². The van der Waals surface area contributed by atoms with Crippen molar-refractivity contribution < 1.29 is 16.8 Å². The summed E-state index contributed by atoms with van der Waals surface area (Å²) >= 11 is 0.